The van der Waals surface area contributed by atoms with Crippen molar-refractivity contribution in [2.45, 2.75) is 13.3 Å². The maximum absolute atomic E-state index is 12.5. The number of benzene rings is 2. The van der Waals surface area contributed by atoms with Crippen LogP contribution in [0.3, 0.4) is 0 Å². The van der Waals surface area contributed by atoms with Crippen molar-refractivity contribution in [3.8, 4) is 5.75 Å². The number of aryl methyl sites for hydroxylation is 1. The molecular weight excluding hydrogens is 366 g/mol. The van der Waals surface area contributed by atoms with Crippen LogP contribution in [0, 0.1) is 6.92 Å². The number of carbonyl (C=O) groups excluding carboxylic acids is 2. The van der Waals surface area contributed by atoms with E-state index in [1.165, 1.54) is 12.3 Å². The molecule has 3 rings (SSSR count). The van der Waals surface area contributed by atoms with E-state index < -0.39 is 0 Å². The number of nitrogens with one attached hydrogen (secondary N) is 2. The number of carbonyl (C=O) groups is 2. The van der Waals surface area contributed by atoms with Crippen molar-refractivity contribution in [3.63, 3.8) is 0 Å². The van der Waals surface area contributed by atoms with Gasteiger partial charge in [-0.2, -0.15) is 0 Å². The van der Waals surface area contributed by atoms with Crippen molar-refractivity contribution in [2.24, 2.45) is 0 Å². The predicted octanol–water partition coefficient (Wildman–Crippen LogP) is 3.62. The molecule has 0 aliphatic rings. The lowest BCUT2D eigenvalue weighted by Crippen LogP contribution is -2.26. The predicted molar refractivity (Wildman–Crippen MR) is 112 cm³/mol. The van der Waals surface area contributed by atoms with Crippen LogP contribution in [0.15, 0.2) is 66.9 Å². The minimum Gasteiger partial charge on any atom is -0.496 e. The van der Waals surface area contributed by atoms with Gasteiger partial charge in [-0.1, -0.05) is 35.9 Å². The summed E-state index contributed by atoms with van der Waals surface area (Å²) in [6.07, 6.45) is 2.10. The Kier molecular flexibility index (Phi) is 6.58. The second-order valence-electron chi connectivity index (χ2n) is 6.57. The Balaban J connectivity index is 1.60. The molecule has 2 N–H and O–H groups in total. The highest BCUT2D eigenvalue weighted by Gasteiger charge is 2.12. The molecule has 6 nitrogen and oxygen atoms in total. The zero-order valence-corrected chi connectivity index (χ0v) is 16.4. The molecule has 0 saturated heterocycles. The molecule has 2 amide bonds. The molecule has 0 spiro atoms. The summed E-state index contributed by atoms with van der Waals surface area (Å²) in [5.74, 6) is 0.171. The third-order valence-corrected chi connectivity index (χ3v) is 4.44. The molecule has 29 heavy (non-hydrogen) atoms. The monoisotopic (exact) mass is 389 g/mol. The SMILES string of the molecule is COc1ccccc1CCNC(=O)c1ccnc(C(=O)Nc2ccc(C)cc2)c1. The molecule has 1 aromatic heterocycles. The number of hydrogen-bond acceptors (Lipinski definition) is 4. The number of amides is 2. The van der Waals surface area contributed by atoms with Crippen LogP contribution in [-0.2, 0) is 6.42 Å². The quantitative estimate of drug-likeness (QED) is 0.647. The van der Waals surface area contributed by atoms with E-state index in [9.17, 15) is 9.59 Å². The lowest BCUT2D eigenvalue weighted by Gasteiger charge is -2.10. The molecule has 2 aromatic carbocycles. The highest BCUT2D eigenvalue weighted by Crippen LogP contribution is 2.17. The Hall–Kier alpha value is -3.67. The standard InChI is InChI=1S/C23H23N3O3/c1-16-7-9-19(10-8-16)26-23(28)20-15-18(12-13-24-20)22(27)25-14-11-17-5-3-4-6-21(17)29-2/h3-10,12-13,15H,11,14H2,1-2H3,(H,25,27)(H,26,28). The number of ether oxygens (including phenoxy) is 1. The van der Waals surface area contributed by atoms with Crippen LogP contribution in [0.4, 0.5) is 5.69 Å². The van der Waals surface area contributed by atoms with Gasteiger partial charge in [0.25, 0.3) is 11.8 Å². The molecule has 0 aliphatic heterocycles. The van der Waals surface area contributed by atoms with Gasteiger partial charge in [0, 0.05) is 24.0 Å². The molecule has 1 heterocycles. The zero-order chi connectivity index (χ0) is 20.6. The van der Waals surface area contributed by atoms with Gasteiger partial charge in [-0.05, 0) is 49.2 Å². The molecule has 6 heteroatoms. The maximum atomic E-state index is 12.5. The topological polar surface area (TPSA) is 80.3 Å². The number of nitrogens with zero attached hydrogens (tertiary/aromatic N) is 1. The molecule has 0 radical (unpaired) electrons. The fourth-order valence-corrected chi connectivity index (χ4v) is 2.85. The molecule has 0 bridgehead atoms. The van der Waals surface area contributed by atoms with E-state index in [0.717, 1.165) is 16.9 Å². The smallest absolute Gasteiger partial charge is 0.274 e. The Morgan fingerprint density at radius 2 is 1.76 bits per heavy atom. The van der Waals surface area contributed by atoms with E-state index in [1.807, 2.05) is 55.5 Å². The molecule has 0 aliphatic carbocycles. The Morgan fingerprint density at radius 3 is 2.52 bits per heavy atom. The molecule has 0 atom stereocenters. The van der Waals surface area contributed by atoms with Crippen molar-refractivity contribution in [1.29, 1.82) is 0 Å². The molecule has 0 unspecified atom stereocenters. The van der Waals surface area contributed by atoms with E-state index in [1.54, 1.807) is 13.2 Å². The van der Waals surface area contributed by atoms with Gasteiger partial charge in [-0.25, -0.2) is 0 Å². The summed E-state index contributed by atoms with van der Waals surface area (Å²) < 4.78 is 5.32. The van der Waals surface area contributed by atoms with Crippen LogP contribution in [0.25, 0.3) is 0 Å². The van der Waals surface area contributed by atoms with Crippen LogP contribution in [0.1, 0.15) is 32.0 Å². The lowest BCUT2D eigenvalue weighted by atomic mass is 10.1. The van der Waals surface area contributed by atoms with E-state index in [0.29, 0.717) is 24.2 Å². The van der Waals surface area contributed by atoms with Crippen molar-refractivity contribution < 1.29 is 14.3 Å². The van der Waals surface area contributed by atoms with Crippen LogP contribution in [0.5, 0.6) is 5.75 Å². The summed E-state index contributed by atoms with van der Waals surface area (Å²) in [5, 5.41) is 5.65. The van der Waals surface area contributed by atoms with Gasteiger partial charge < -0.3 is 15.4 Å². The fraction of sp³-hybridized carbons (Fsp3) is 0.174. The largest absolute Gasteiger partial charge is 0.496 e. The normalized spacial score (nSPS) is 10.3. The first kappa shape index (κ1) is 20.1. The van der Waals surface area contributed by atoms with Crippen LogP contribution >= 0.6 is 0 Å². The summed E-state index contributed by atoms with van der Waals surface area (Å²) in [6.45, 7) is 2.43. The molecular formula is C23H23N3O3. The van der Waals surface area contributed by atoms with Crippen molar-refractivity contribution in [1.82, 2.24) is 10.3 Å². The number of anilines is 1. The molecule has 0 fully saturated rings. The fourth-order valence-electron chi connectivity index (χ4n) is 2.85. The maximum Gasteiger partial charge on any atom is 0.274 e. The summed E-state index contributed by atoms with van der Waals surface area (Å²) in [7, 11) is 1.62. The van der Waals surface area contributed by atoms with Crippen LogP contribution < -0.4 is 15.4 Å². The minimum atomic E-state index is -0.363. The van der Waals surface area contributed by atoms with E-state index in [-0.39, 0.29) is 17.5 Å². The average molecular weight is 389 g/mol. The van der Waals surface area contributed by atoms with Gasteiger partial charge in [0.1, 0.15) is 11.4 Å². The summed E-state index contributed by atoms with van der Waals surface area (Å²) in [6, 6.07) is 18.2. The first-order valence-electron chi connectivity index (χ1n) is 9.31. The van der Waals surface area contributed by atoms with Gasteiger partial charge in [0.2, 0.25) is 0 Å². The Morgan fingerprint density at radius 1 is 1.00 bits per heavy atom. The van der Waals surface area contributed by atoms with Crippen molar-refractivity contribution in [2.75, 3.05) is 19.0 Å². The molecule has 3 aromatic rings. The number of aromatic nitrogens is 1. The number of methoxy groups -OCH3 is 1. The van der Waals surface area contributed by atoms with E-state index in [2.05, 4.69) is 15.6 Å². The van der Waals surface area contributed by atoms with Crippen LogP contribution in [0.2, 0.25) is 0 Å². The van der Waals surface area contributed by atoms with Gasteiger partial charge in [0.15, 0.2) is 0 Å². The molecule has 0 saturated carbocycles. The van der Waals surface area contributed by atoms with Gasteiger partial charge >= 0.3 is 0 Å². The number of para-hydroxylation sites is 1. The van der Waals surface area contributed by atoms with Gasteiger partial charge in [0.05, 0.1) is 7.11 Å². The lowest BCUT2D eigenvalue weighted by molar-refractivity contribution is 0.0954. The Bertz CT molecular complexity index is 1000. The summed E-state index contributed by atoms with van der Waals surface area (Å²) >= 11 is 0. The van der Waals surface area contributed by atoms with Crippen LogP contribution in [-0.4, -0.2) is 30.5 Å². The second-order valence-corrected chi connectivity index (χ2v) is 6.57. The highest BCUT2D eigenvalue weighted by atomic mass is 16.5. The van der Waals surface area contributed by atoms with Crippen molar-refractivity contribution in [3.05, 3.63) is 89.2 Å². The van der Waals surface area contributed by atoms with Gasteiger partial charge in [-0.3, -0.25) is 14.6 Å². The Labute approximate surface area is 169 Å². The second kappa shape index (κ2) is 9.50. The van der Waals surface area contributed by atoms with E-state index in [4.69, 9.17) is 4.74 Å². The molecule has 148 valence electrons. The van der Waals surface area contributed by atoms with E-state index >= 15 is 0 Å². The van der Waals surface area contributed by atoms with Gasteiger partial charge in [-0.15, -0.1) is 0 Å². The first-order valence-corrected chi connectivity index (χ1v) is 9.31. The number of pyridine rings is 1. The average Bonchev–Trinajstić information content (AvgIpc) is 2.75. The third-order valence-electron chi connectivity index (χ3n) is 4.44. The summed E-state index contributed by atoms with van der Waals surface area (Å²) in [5.41, 5.74) is 3.36. The highest BCUT2D eigenvalue weighted by molar-refractivity contribution is 6.04. The third kappa shape index (κ3) is 5.42. The number of rotatable bonds is 7. The van der Waals surface area contributed by atoms with Crippen molar-refractivity contribution >= 4 is 17.5 Å². The zero-order valence-electron chi connectivity index (χ0n) is 16.4. The first-order chi connectivity index (χ1) is 14.1. The number of hydrogen-bond donors (Lipinski definition) is 2. The summed E-state index contributed by atoms with van der Waals surface area (Å²) in [4.78, 5) is 29.0. The minimum absolute atomic E-state index is 0.183.